The van der Waals surface area contributed by atoms with Crippen molar-refractivity contribution in [3.05, 3.63) is 48.6 Å². The molecule has 1 amide bonds. The van der Waals surface area contributed by atoms with Crippen molar-refractivity contribution in [2.45, 2.75) is 366 Å². The van der Waals surface area contributed by atoms with Gasteiger partial charge in [-0.15, -0.1) is 0 Å². The molecular weight excluding hydrogens is 867 g/mol. The Morgan fingerprint density at radius 1 is 0.338 bits per heavy atom. The molecule has 0 saturated heterocycles. The summed E-state index contributed by atoms with van der Waals surface area (Å²) in [5.74, 6) is -0.0694. The van der Waals surface area contributed by atoms with Crippen LogP contribution in [0.1, 0.15) is 354 Å². The first-order valence-electron chi connectivity index (χ1n) is 32.4. The van der Waals surface area contributed by atoms with Crippen molar-refractivity contribution >= 4 is 5.91 Å². The fourth-order valence-corrected chi connectivity index (χ4v) is 10.1. The van der Waals surface area contributed by atoms with Gasteiger partial charge >= 0.3 is 0 Å². The van der Waals surface area contributed by atoms with Gasteiger partial charge in [0.2, 0.25) is 5.91 Å². The van der Waals surface area contributed by atoms with Crippen molar-refractivity contribution in [3.8, 4) is 0 Å². The first-order chi connectivity index (χ1) is 35.2. The van der Waals surface area contributed by atoms with Crippen LogP contribution >= 0.6 is 0 Å². The van der Waals surface area contributed by atoms with Crippen molar-refractivity contribution in [2.24, 2.45) is 0 Å². The second-order valence-electron chi connectivity index (χ2n) is 22.2. The molecule has 4 heteroatoms. The Hall–Kier alpha value is -1.65. The summed E-state index contributed by atoms with van der Waals surface area (Å²) in [6, 6.07) is -0.641. The lowest BCUT2D eigenvalue weighted by Gasteiger charge is -2.19. The Morgan fingerprint density at radius 3 is 0.901 bits per heavy atom. The van der Waals surface area contributed by atoms with Gasteiger partial charge in [0.1, 0.15) is 0 Å². The van der Waals surface area contributed by atoms with Crippen LogP contribution in [0, 0.1) is 0 Å². The van der Waals surface area contributed by atoms with Crippen LogP contribution in [0.2, 0.25) is 0 Å². The summed E-state index contributed by atoms with van der Waals surface area (Å²) >= 11 is 0. The minimum Gasteiger partial charge on any atom is -0.394 e. The minimum atomic E-state index is -0.864. The summed E-state index contributed by atoms with van der Waals surface area (Å²) in [4.78, 5) is 12.5. The molecule has 0 aliphatic rings. The van der Waals surface area contributed by atoms with Gasteiger partial charge in [-0.3, -0.25) is 4.79 Å². The third kappa shape index (κ3) is 59.1. The lowest BCUT2D eigenvalue weighted by molar-refractivity contribution is -0.123. The lowest BCUT2D eigenvalue weighted by atomic mass is 10.0. The van der Waals surface area contributed by atoms with Crippen molar-refractivity contribution in [1.29, 1.82) is 0 Å². The molecule has 0 aliphatic carbocycles. The highest BCUT2D eigenvalue weighted by Crippen LogP contribution is 2.18. The molecule has 0 rings (SSSR count). The van der Waals surface area contributed by atoms with Gasteiger partial charge in [-0.2, -0.15) is 0 Å². The number of rotatable bonds is 60. The van der Waals surface area contributed by atoms with Crippen LogP contribution in [0.3, 0.4) is 0 Å². The lowest BCUT2D eigenvalue weighted by Crippen LogP contribution is -2.45. The van der Waals surface area contributed by atoms with Crippen LogP contribution < -0.4 is 5.32 Å². The summed E-state index contributed by atoms with van der Waals surface area (Å²) in [5.41, 5.74) is 0. The fourth-order valence-electron chi connectivity index (χ4n) is 10.1. The molecule has 2 unspecified atom stereocenters. The smallest absolute Gasteiger partial charge is 0.220 e. The van der Waals surface area contributed by atoms with E-state index >= 15 is 0 Å². The molecule has 0 radical (unpaired) electrons. The zero-order valence-corrected chi connectivity index (χ0v) is 48.3. The van der Waals surface area contributed by atoms with Crippen molar-refractivity contribution in [2.75, 3.05) is 6.61 Å². The quantitative estimate of drug-likeness (QED) is 0.0420. The second-order valence-corrected chi connectivity index (χ2v) is 22.2. The average molecular weight is 995 g/mol. The standard InChI is InChI=1S/C67H127NO3/c1-3-5-7-9-11-13-15-17-19-21-23-25-27-29-31-32-33-34-35-37-38-40-42-44-46-48-50-52-54-56-58-60-62-66(70)65(64-69)68-67(71)63-61-59-57-55-53-51-49-47-45-43-41-39-36-30-28-26-24-22-20-18-16-14-12-10-8-6-4-2/h16,18,22,24,52,54,60,62,65-66,69-70H,3-15,17,19-21,23,25-51,53,55-59,61,63-64H2,1-2H3,(H,68,71)/b18-16-,24-22-,54-52+,62-60+. The van der Waals surface area contributed by atoms with Crippen LogP contribution in [-0.4, -0.2) is 34.9 Å². The zero-order chi connectivity index (χ0) is 51.3. The normalized spacial score (nSPS) is 13.0. The molecule has 0 fully saturated rings. The van der Waals surface area contributed by atoms with E-state index in [1.165, 1.54) is 295 Å². The van der Waals surface area contributed by atoms with Crippen LogP contribution in [0.25, 0.3) is 0 Å². The number of unbranched alkanes of at least 4 members (excludes halogenated alkanes) is 47. The highest BCUT2D eigenvalue weighted by molar-refractivity contribution is 5.76. The Balaban J connectivity index is 3.48. The molecule has 2 atom stereocenters. The van der Waals surface area contributed by atoms with Crippen molar-refractivity contribution in [1.82, 2.24) is 5.32 Å². The Morgan fingerprint density at radius 2 is 0.592 bits per heavy atom. The molecule has 0 aromatic carbocycles. The first-order valence-corrected chi connectivity index (χ1v) is 32.4. The number of hydrogen-bond donors (Lipinski definition) is 3. The highest BCUT2D eigenvalue weighted by atomic mass is 16.3. The van der Waals surface area contributed by atoms with Gasteiger partial charge in [-0.05, 0) is 64.2 Å². The van der Waals surface area contributed by atoms with Crippen molar-refractivity contribution in [3.63, 3.8) is 0 Å². The monoisotopic (exact) mass is 994 g/mol. The van der Waals surface area contributed by atoms with Gasteiger partial charge in [0.05, 0.1) is 18.8 Å². The highest BCUT2D eigenvalue weighted by Gasteiger charge is 2.18. The molecule has 3 N–H and O–H groups in total. The third-order valence-corrected chi connectivity index (χ3v) is 15.0. The maximum absolute atomic E-state index is 12.5. The maximum Gasteiger partial charge on any atom is 0.220 e. The van der Waals surface area contributed by atoms with Crippen LogP contribution in [-0.2, 0) is 4.79 Å². The van der Waals surface area contributed by atoms with Gasteiger partial charge in [0.15, 0.2) is 0 Å². The second kappa shape index (κ2) is 62.6. The van der Waals surface area contributed by atoms with E-state index in [-0.39, 0.29) is 12.5 Å². The number of allylic oxidation sites excluding steroid dienone is 7. The summed E-state index contributed by atoms with van der Waals surface area (Å²) in [5, 5.41) is 23.2. The van der Waals surface area contributed by atoms with Gasteiger partial charge in [0.25, 0.3) is 0 Å². The number of hydrogen-bond acceptors (Lipinski definition) is 3. The molecule has 0 bridgehead atoms. The first kappa shape index (κ1) is 69.3. The molecule has 0 spiro atoms. The molecule has 4 nitrogen and oxygen atoms in total. The number of aliphatic hydroxyl groups excluding tert-OH is 2. The van der Waals surface area contributed by atoms with E-state index in [1.807, 2.05) is 6.08 Å². The topological polar surface area (TPSA) is 69.6 Å². The molecule has 0 heterocycles. The van der Waals surface area contributed by atoms with E-state index in [2.05, 4.69) is 55.6 Å². The molecule has 0 aliphatic heterocycles. The number of carbonyl (C=O) groups is 1. The molecule has 0 aromatic heterocycles. The summed E-state index contributed by atoms with van der Waals surface area (Å²) in [6.45, 7) is 4.33. The van der Waals surface area contributed by atoms with Gasteiger partial charge in [-0.1, -0.05) is 332 Å². The maximum atomic E-state index is 12.5. The van der Waals surface area contributed by atoms with Crippen LogP contribution in [0.15, 0.2) is 48.6 Å². The van der Waals surface area contributed by atoms with Gasteiger partial charge in [-0.25, -0.2) is 0 Å². The largest absolute Gasteiger partial charge is 0.394 e. The number of carbonyl (C=O) groups excluding carboxylic acids is 1. The predicted octanol–water partition coefficient (Wildman–Crippen LogP) is 21.8. The summed E-state index contributed by atoms with van der Waals surface area (Å²) in [7, 11) is 0. The van der Waals surface area contributed by atoms with E-state index in [1.54, 1.807) is 6.08 Å². The Kier molecular flexibility index (Phi) is 61.2. The van der Waals surface area contributed by atoms with Crippen LogP contribution in [0.4, 0.5) is 0 Å². The zero-order valence-electron chi connectivity index (χ0n) is 48.3. The van der Waals surface area contributed by atoms with Gasteiger partial charge in [0, 0.05) is 6.42 Å². The molecule has 0 saturated carbocycles. The summed E-state index contributed by atoms with van der Waals surface area (Å²) < 4.78 is 0. The van der Waals surface area contributed by atoms with E-state index < -0.39 is 12.1 Å². The van der Waals surface area contributed by atoms with E-state index in [9.17, 15) is 15.0 Å². The number of aliphatic hydroxyl groups is 2. The minimum absolute atomic E-state index is 0.0694. The molecule has 418 valence electrons. The SMILES string of the molecule is CCCCCCC/C=C\C/C=C\CCCCCCCCCCCCCCCCCC(=O)NC(CO)C(O)/C=C/CC/C=C/CCCCCCCCCCCCCCCCCCCCCCCCCCCC. The molecule has 71 heavy (non-hydrogen) atoms. The fraction of sp³-hybridized carbons (Fsp3) is 0.866. The van der Waals surface area contributed by atoms with Crippen molar-refractivity contribution < 1.29 is 15.0 Å². The van der Waals surface area contributed by atoms with E-state index in [0.29, 0.717) is 6.42 Å². The number of nitrogens with one attached hydrogen (secondary N) is 1. The number of amides is 1. The molecule has 0 aromatic rings. The Labute approximate surface area is 445 Å². The Bertz CT molecular complexity index is 1130. The van der Waals surface area contributed by atoms with Crippen LogP contribution in [0.5, 0.6) is 0 Å². The van der Waals surface area contributed by atoms with E-state index in [4.69, 9.17) is 0 Å². The predicted molar refractivity (Wildman–Crippen MR) is 318 cm³/mol. The summed E-state index contributed by atoms with van der Waals surface area (Å²) in [6.07, 6.45) is 87.5. The van der Waals surface area contributed by atoms with Gasteiger partial charge < -0.3 is 15.5 Å². The third-order valence-electron chi connectivity index (χ3n) is 15.0. The average Bonchev–Trinajstić information content (AvgIpc) is 3.37. The molecular formula is C67H127NO3. The van der Waals surface area contributed by atoms with E-state index in [0.717, 1.165) is 38.5 Å².